The number of hydrogen-bond acceptors (Lipinski definition) is 5. The molecule has 0 radical (unpaired) electrons. The smallest absolute Gasteiger partial charge is 0.416 e. The largest absolute Gasteiger partial charge is 0.496 e. The molecule has 1 aromatic heterocycles. The Labute approximate surface area is 176 Å². The number of aromatic nitrogens is 1. The fraction of sp³-hybridized carbons (Fsp3) is 0.286. The summed E-state index contributed by atoms with van der Waals surface area (Å²) in [5.74, 6) is 1.27. The van der Waals surface area contributed by atoms with Gasteiger partial charge in [-0.1, -0.05) is 0 Å². The monoisotopic (exact) mass is 438 g/mol. The van der Waals surface area contributed by atoms with E-state index in [1.807, 2.05) is 0 Å². The molecular weight excluding hydrogens is 417 g/mol. The Bertz CT molecular complexity index is 1060. The first kappa shape index (κ1) is 22.1. The Balaban J connectivity index is 1.64. The Kier molecular flexibility index (Phi) is 6.47. The van der Waals surface area contributed by atoms with E-state index in [1.54, 1.807) is 12.1 Å². The maximum atomic E-state index is 12.6. The molecule has 1 heterocycles. The van der Waals surface area contributed by atoms with E-state index in [0.717, 1.165) is 12.1 Å². The molecule has 0 aliphatic rings. The van der Waals surface area contributed by atoms with Crippen LogP contribution in [0.15, 0.2) is 36.4 Å². The first-order chi connectivity index (χ1) is 14.8. The van der Waals surface area contributed by atoms with Gasteiger partial charge in [-0.3, -0.25) is 4.79 Å². The molecule has 166 valence electrons. The number of rotatable bonds is 8. The molecule has 2 aromatic carbocycles. The lowest BCUT2D eigenvalue weighted by Gasteiger charge is -2.11. The van der Waals surface area contributed by atoms with Crippen LogP contribution in [-0.4, -0.2) is 45.4 Å². The summed E-state index contributed by atoms with van der Waals surface area (Å²) in [5.41, 5.74) is 0.0636. The molecule has 0 saturated carbocycles. The molecule has 1 amide bonds. The highest BCUT2D eigenvalue weighted by Crippen LogP contribution is 2.41. The number of hydrogen-bond donors (Lipinski definition) is 2. The fourth-order valence-electron chi connectivity index (χ4n) is 3.03. The van der Waals surface area contributed by atoms with Crippen molar-refractivity contribution in [3.8, 4) is 23.0 Å². The van der Waals surface area contributed by atoms with Gasteiger partial charge in [-0.05, 0) is 30.3 Å². The molecule has 0 unspecified atom stereocenters. The number of benzene rings is 2. The van der Waals surface area contributed by atoms with Crippen molar-refractivity contribution in [1.82, 2.24) is 10.3 Å². The lowest BCUT2D eigenvalue weighted by Crippen LogP contribution is -2.28. The third-order valence-corrected chi connectivity index (χ3v) is 4.52. The number of alkyl halides is 3. The first-order valence-electron chi connectivity index (χ1n) is 9.18. The molecule has 3 rings (SSSR count). The van der Waals surface area contributed by atoms with Crippen LogP contribution in [0.1, 0.15) is 16.1 Å². The van der Waals surface area contributed by atoms with Crippen LogP contribution in [0.5, 0.6) is 23.0 Å². The average molecular weight is 438 g/mol. The van der Waals surface area contributed by atoms with Gasteiger partial charge in [0.2, 0.25) is 0 Å². The molecule has 31 heavy (non-hydrogen) atoms. The Morgan fingerprint density at radius 3 is 2.26 bits per heavy atom. The predicted octanol–water partition coefficient (Wildman–Crippen LogP) is 4.02. The van der Waals surface area contributed by atoms with Gasteiger partial charge in [-0.15, -0.1) is 0 Å². The maximum absolute atomic E-state index is 12.6. The van der Waals surface area contributed by atoms with E-state index < -0.39 is 17.6 Å². The van der Waals surface area contributed by atoms with E-state index in [4.69, 9.17) is 18.9 Å². The molecule has 7 nitrogen and oxygen atoms in total. The molecule has 10 heteroatoms. The topological polar surface area (TPSA) is 81.8 Å². The molecule has 0 aliphatic heterocycles. The minimum atomic E-state index is -4.40. The molecule has 2 N–H and O–H groups in total. The van der Waals surface area contributed by atoms with Crippen molar-refractivity contribution in [2.24, 2.45) is 0 Å². The second-order valence-corrected chi connectivity index (χ2v) is 6.41. The van der Waals surface area contributed by atoms with Crippen molar-refractivity contribution >= 4 is 16.8 Å². The second kappa shape index (κ2) is 9.07. The number of fused-ring (bicyclic) bond motifs is 1. The molecule has 0 spiro atoms. The van der Waals surface area contributed by atoms with Gasteiger partial charge in [-0.25, -0.2) is 0 Å². The molecular formula is C21H21F3N2O5. The van der Waals surface area contributed by atoms with Gasteiger partial charge in [0, 0.05) is 11.5 Å². The fourth-order valence-corrected chi connectivity index (χ4v) is 3.03. The zero-order valence-corrected chi connectivity index (χ0v) is 17.1. The zero-order valence-electron chi connectivity index (χ0n) is 17.1. The first-order valence-corrected chi connectivity index (χ1v) is 9.18. The van der Waals surface area contributed by atoms with Gasteiger partial charge in [0.15, 0.2) is 11.5 Å². The number of halogens is 3. The van der Waals surface area contributed by atoms with E-state index in [0.29, 0.717) is 28.2 Å². The van der Waals surface area contributed by atoms with Crippen molar-refractivity contribution in [2.75, 3.05) is 34.5 Å². The van der Waals surface area contributed by atoms with E-state index in [-0.39, 0.29) is 24.6 Å². The van der Waals surface area contributed by atoms with E-state index >= 15 is 0 Å². The van der Waals surface area contributed by atoms with Crippen LogP contribution in [0.25, 0.3) is 10.9 Å². The van der Waals surface area contributed by atoms with Crippen molar-refractivity contribution in [2.45, 2.75) is 6.18 Å². The van der Waals surface area contributed by atoms with Crippen molar-refractivity contribution < 1.29 is 36.9 Å². The number of amides is 1. The lowest BCUT2D eigenvalue weighted by molar-refractivity contribution is -0.137. The van der Waals surface area contributed by atoms with Crippen molar-refractivity contribution in [3.63, 3.8) is 0 Å². The highest BCUT2D eigenvalue weighted by atomic mass is 19.4. The summed E-state index contributed by atoms with van der Waals surface area (Å²) < 4.78 is 59.2. The van der Waals surface area contributed by atoms with Crippen LogP contribution in [0.2, 0.25) is 0 Å². The summed E-state index contributed by atoms with van der Waals surface area (Å²) in [5, 5.41) is 3.33. The molecule has 3 aromatic rings. The van der Waals surface area contributed by atoms with Crippen LogP contribution >= 0.6 is 0 Å². The summed E-state index contributed by atoms with van der Waals surface area (Å²) in [7, 11) is 4.49. The van der Waals surface area contributed by atoms with Gasteiger partial charge < -0.3 is 29.2 Å². The molecule has 0 bridgehead atoms. The van der Waals surface area contributed by atoms with Crippen LogP contribution in [0.4, 0.5) is 13.2 Å². The number of methoxy groups -OCH3 is 3. The van der Waals surface area contributed by atoms with Crippen LogP contribution in [0, 0.1) is 0 Å². The Morgan fingerprint density at radius 2 is 1.68 bits per heavy atom. The summed E-state index contributed by atoms with van der Waals surface area (Å²) in [4.78, 5) is 15.5. The standard InChI is InChI=1S/C21H21F3N2O5/c1-28-16-11-17(29-2)19(30-3)18-14(16)10-15(26-18)20(27)25-8-9-31-13-6-4-12(5-7-13)21(22,23)24/h4-7,10-11,26H,8-9H2,1-3H3,(H,25,27). The van der Waals surface area contributed by atoms with Crippen molar-refractivity contribution in [1.29, 1.82) is 0 Å². The van der Waals surface area contributed by atoms with Gasteiger partial charge in [0.1, 0.15) is 23.8 Å². The van der Waals surface area contributed by atoms with Crippen LogP contribution < -0.4 is 24.3 Å². The van der Waals surface area contributed by atoms with Crippen LogP contribution in [-0.2, 0) is 6.18 Å². The zero-order chi connectivity index (χ0) is 22.6. The number of carbonyl (C=O) groups excluding carboxylic acids is 1. The number of H-pyrrole nitrogens is 1. The highest BCUT2D eigenvalue weighted by molar-refractivity contribution is 6.02. The normalized spacial score (nSPS) is 11.3. The van der Waals surface area contributed by atoms with Gasteiger partial charge in [0.25, 0.3) is 5.91 Å². The Morgan fingerprint density at radius 1 is 1.00 bits per heavy atom. The number of carbonyl (C=O) groups is 1. The van der Waals surface area contributed by atoms with E-state index in [9.17, 15) is 18.0 Å². The quantitative estimate of drug-likeness (QED) is 0.519. The second-order valence-electron chi connectivity index (χ2n) is 6.41. The third kappa shape index (κ3) is 4.79. The van der Waals surface area contributed by atoms with Gasteiger partial charge in [0.05, 0.1) is 39.0 Å². The number of nitrogens with one attached hydrogen (secondary N) is 2. The van der Waals surface area contributed by atoms with Crippen molar-refractivity contribution in [3.05, 3.63) is 47.7 Å². The maximum Gasteiger partial charge on any atom is 0.416 e. The van der Waals surface area contributed by atoms with Gasteiger partial charge in [-0.2, -0.15) is 13.2 Å². The highest BCUT2D eigenvalue weighted by Gasteiger charge is 2.30. The summed E-state index contributed by atoms with van der Waals surface area (Å²) in [6, 6.07) is 7.63. The SMILES string of the molecule is COc1cc(OC)c2cc(C(=O)NCCOc3ccc(C(F)(F)F)cc3)[nH]c2c1OC. The summed E-state index contributed by atoms with van der Waals surface area (Å²) in [6.07, 6.45) is -4.40. The predicted molar refractivity (Wildman–Crippen MR) is 107 cm³/mol. The minimum Gasteiger partial charge on any atom is -0.496 e. The summed E-state index contributed by atoms with van der Waals surface area (Å²) in [6.45, 7) is 0.227. The van der Waals surface area contributed by atoms with E-state index in [1.165, 1.54) is 33.5 Å². The van der Waals surface area contributed by atoms with Crippen LogP contribution in [0.3, 0.4) is 0 Å². The molecule has 0 atom stereocenters. The van der Waals surface area contributed by atoms with E-state index in [2.05, 4.69) is 10.3 Å². The third-order valence-electron chi connectivity index (χ3n) is 4.52. The Hall–Kier alpha value is -3.56. The van der Waals surface area contributed by atoms with Gasteiger partial charge >= 0.3 is 6.18 Å². The molecule has 0 saturated heterocycles. The summed E-state index contributed by atoms with van der Waals surface area (Å²) >= 11 is 0. The number of aromatic amines is 1. The molecule has 0 fully saturated rings. The molecule has 0 aliphatic carbocycles. The number of ether oxygens (including phenoxy) is 4. The average Bonchev–Trinajstić information content (AvgIpc) is 3.20. The lowest BCUT2D eigenvalue weighted by atomic mass is 10.2. The minimum absolute atomic E-state index is 0.0811.